The summed E-state index contributed by atoms with van der Waals surface area (Å²) in [5.41, 5.74) is 6.10. The lowest BCUT2D eigenvalue weighted by molar-refractivity contribution is -0.152. The van der Waals surface area contributed by atoms with Crippen molar-refractivity contribution >= 4 is 170 Å². The summed E-state index contributed by atoms with van der Waals surface area (Å²) in [5.74, 6) is -1.69. The SMILES string of the molecule is COC(=O)[C@@H]1C[C@]2(CC(c3cccc(Cl)c3)=NO2)CN1C(=O)[C@@H](N)C(C)(C)C.COC(=O)[C@@H]1C[C@]2(CC(c3cccc(Cl)c3)=NO2)CN1C(=O)[C@@H](NC(=O)NC(C)(C)C)C(C)(C)C.Cl.[B][B]B(B([B])[B])B(B([B])[B])B([B])[B]. The van der Waals surface area contributed by atoms with Crippen LogP contribution in [0.2, 0.25) is 10.0 Å². The Balaban J connectivity index is 0.000000332. The summed E-state index contributed by atoms with van der Waals surface area (Å²) in [7, 11) is 42.1. The van der Waals surface area contributed by atoms with Crippen molar-refractivity contribution in [1.82, 2.24) is 20.4 Å². The molecule has 4 heterocycles. The van der Waals surface area contributed by atoms with Crippen molar-refractivity contribution in [3.8, 4) is 0 Å². The largest absolute Gasteiger partial charge is 0.467 e. The molecule has 2 fully saturated rings. The number of rotatable bonds is 12. The third-order valence-electron chi connectivity index (χ3n) is 13.4. The van der Waals surface area contributed by atoms with Crippen LogP contribution in [0.3, 0.4) is 0 Å². The Bertz CT molecular complexity index is 2470. The van der Waals surface area contributed by atoms with Gasteiger partial charge in [0.15, 0.2) is 11.2 Å². The Kier molecular flexibility index (Phi) is 24.2. The highest BCUT2D eigenvalue weighted by Gasteiger charge is 2.57. The molecule has 15 radical (unpaired) electrons. The number of halogens is 3. The molecule has 0 aliphatic carbocycles. The standard InChI is InChI=1S/C25H35ClN4O5.C20H26ClN3O4.B13.ClH/c1-23(2,3)19(27-22(33)28-24(4,5)6)20(31)30-14-25(13-18(30)21(32)34-7)12-17(29-35-25)15-9-8-10-16(26)11-15;1-19(2,3)16(22)17(25)24-11-20(10-15(24)18(26)27-4)9-14(23-28-20)12-6-5-7-13(21)8-12;1-8-12(9(2)3)13(10(4)5)11(6)7;/h8-11,18-19H,12-14H2,1-7H3,(H2,27,28,33);5-8,15-16H,9-11,22H2,1-4H3;;1H/t18-,19+,25+;15-,16+,20+;;/m00../s1. The second kappa shape index (κ2) is 27.6. The summed E-state index contributed by atoms with van der Waals surface area (Å²) in [4.78, 5) is 79.2. The fourth-order valence-electron chi connectivity index (χ4n) is 9.28. The molecule has 2 aromatic carbocycles. The number of oxime groups is 2. The number of hydrogen-bond donors (Lipinski definition) is 3. The number of benzene rings is 2. The topological polar surface area (TPSA) is 204 Å². The zero-order valence-corrected chi connectivity index (χ0v) is 48.2. The van der Waals surface area contributed by atoms with Gasteiger partial charge in [0.1, 0.15) is 18.1 Å². The van der Waals surface area contributed by atoms with Gasteiger partial charge in [-0.05, 0) is 55.9 Å². The number of carbonyl (C=O) groups is 5. The van der Waals surface area contributed by atoms with E-state index in [9.17, 15) is 24.0 Å². The predicted octanol–water partition coefficient (Wildman–Crippen LogP) is 1.31. The molecule has 4 N–H and O–H groups in total. The van der Waals surface area contributed by atoms with Crippen LogP contribution in [-0.2, 0) is 38.3 Å². The van der Waals surface area contributed by atoms with Gasteiger partial charge in [0.05, 0.1) is 44.8 Å². The lowest BCUT2D eigenvalue weighted by Crippen LogP contribution is -2.69. The molecule has 0 bridgehead atoms. The maximum atomic E-state index is 13.8. The van der Waals surface area contributed by atoms with Crippen molar-refractivity contribution < 1.29 is 43.1 Å². The molecule has 2 aromatic rings. The lowest BCUT2D eigenvalue weighted by atomic mass is 8.50. The van der Waals surface area contributed by atoms with Crippen molar-refractivity contribution in [3.63, 3.8) is 0 Å². The summed E-state index contributed by atoms with van der Waals surface area (Å²) in [5, 5.41) is 15.3. The number of urea groups is 1. The van der Waals surface area contributed by atoms with Crippen molar-refractivity contribution in [1.29, 1.82) is 0 Å². The minimum atomic E-state index is -0.887. The molecule has 0 unspecified atom stereocenters. The Morgan fingerprint density at radius 1 is 0.727 bits per heavy atom. The first-order chi connectivity index (χ1) is 35.1. The van der Waals surface area contributed by atoms with Gasteiger partial charge >= 0.3 is 18.0 Å². The van der Waals surface area contributed by atoms with Crippen LogP contribution >= 0.6 is 35.6 Å². The lowest BCUT2D eigenvalue weighted by Gasteiger charge is -2.36. The fraction of sp³-hybridized carbons (Fsp3) is 0.578. The molecular weight excluding hydrogens is 1030 g/mol. The highest BCUT2D eigenvalue weighted by Crippen LogP contribution is 2.42. The van der Waals surface area contributed by atoms with E-state index in [4.69, 9.17) is 102 Å². The van der Waals surface area contributed by atoms with Crippen molar-refractivity contribution in [2.75, 3.05) is 27.3 Å². The summed E-state index contributed by atoms with van der Waals surface area (Å²) < 4.78 is 9.94. The van der Waals surface area contributed by atoms with Crippen LogP contribution in [0, 0.1) is 10.8 Å². The molecule has 391 valence electrons. The van der Waals surface area contributed by atoms with Gasteiger partial charge in [-0.3, -0.25) is 9.59 Å². The quantitative estimate of drug-likeness (QED) is 0.206. The van der Waals surface area contributed by atoms with E-state index < -0.39 is 95.2 Å². The summed E-state index contributed by atoms with van der Waals surface area (Å²) in [6.45, 7) is 17.2. The van der Waals surface area contributed by atoms with Gasteiger partial charge in [0, 0.05) is 146 Å². The molecule has 4 aliphatic heterocycles. The highest BCUT2D eigenvalue weighted by molar-refractivity contribution is 8.07. The molecule has 6 rings (SSSR count). The Morgan fingerprint density at radius 2 is 1.14 bits per heavy atom. The number of nitrogens with two attached hydrogens (primary N) is 1. The number of nitrogens with one attached hydrogen (secondary N) is 2. The molecule has 2 spiro atoms. The van der Waals surface area contributed by atoms with Crippen LogP contribution in [0.25, 0.3) is 0 Å². The summed E-state index contributed by atoms with van der Waals surface area (Å²) >= 11 is 12.2. The summed E-state index contributed by atoms with van der Waals surface area (Å²) in [6.07, 6.45) is -1.47. The Morgan fingerprint density at radius 3 is 1.45 bits per heavy atom. The fourth-order valence-corrected chi connectivity index (χ4v) is 9.66. The van der Waals surface area contributed by atoms with Gasteiger partial charge in [0.25, 0.3) is 0 Å². The zero-order chi connectivity index (χ0) is 57.5. The average molecular weight is 1090 g/mol. The van der Waals surface area contributed by atoms with E-state index in [0.717, 1.165) is 16.8 Å². The molecule has 4 amide bonds. The van der Waals surface area contributed by atoms with E-state index in [1.807, 2.05) is 92.6 Å². The van der Waals surface area contributed by atoms with E-state index in [1.54, 1.807) is 18.2 Å². The second-order valence-electron chi connectivity index (χ2n) is 23.0. The summed E-state index contributed by atoms with van der Waals surface area (Å²) in [6, 6.07) is 10.9. The van der Waals surface area contributed by atoms with E-state index in [0.29, 0.717) is 35.0 Å². The number of methoxy groups -OCH3 is 2. The molecule has 77 heavy (non-hydrogen) atoms. The van der Waals surface area contributed by atoms with Gasteiger partial charge in [-0.1, -0.05) is 99.3 Å². The van der Waals surface area contributed by atoms with E-state index >= 15 is 0 Å². The van der Waals surface area contributed by atoms with Crippen molar-refractivity contribution in [2.24, 2.45) is 26.9 Å². The number of ether oxygens (including phenoxy) is 2. The number of hydrogen-bond acceptors (Lipinski definition) is 12. The Hall–Kier alpha value is -3.80. The molecule has 6 atom stereocenters. The average Bonchev–Trinajstić information content (AvgIpc) is 4.13. The minimum Gasteiger partial charge on any atom is -0.467 e. The van der Waals surface area contributed by atoms with Crippen LogP contribution in [0.1, 0.15) is 99.1 Å². The van der Waals surface area contributed by atoms with Crippen LogP contribution in [0.4, 0.5) is 4.79 Å². The third kappa shape index (κ3) is 17.8. The van der Waals surface area contributed by atoms with Crippen LogP contribution < -0.4 is 16.4 Å². The predicted molar refractivity (Wildman–Crippen MR) is 321 cm³/mol. The number of nitrogens with zero attached hydrogens (tertiary/aromatic N) is 4. The molecule has 0 aromatic heterocycles. The Labute approximate surface area is 483 Å². The molecular formula is C45H62B13Cl3N7O9. The highest BCUT2D eigenvalue weighted by atomic mass is 35.5. The van der Waals surface area contributed by atoms with Crippen LogP contribution in [-0.4, -0.2) is 212 Å². The first kappa shape index (κ1) is 67.5. The number of esters is 2. The van der Waals surface area contributed by atoms with E-state index in [2.05, 4.69) is 20.9 Å². The van der Waals surface area contributed by atoms with Crippen molar-refractivity contribution in [2.45, 2.75) is 129 Å². The number of likely N-dealkylation sites (tertiary alicyclic amines) is 2. The number of amides is 4. The maximum Gasteiger partial charge on any atom is 0.328 e. The minimum absolute atomic E-state index is 0. The van der Waals surface area contributed by atoms with E-state index in [-0.39, 0.29) is 50.1 Å². The first-order valence-corrected chi connectivity index (χ1v) is 25.6. The van der Waals surface area contributed by atoms with E-state index in [1.165, 1.54) is 31.1 Å². The maximum absolute atomic E-state index is 13.8. The normalized spacial score (nSPS) is 21.1. The van der Waals surface area contributed by atoms with Gasteiger partial charge in [-0.2, -0.15) is 0 Å². The van der Waals surface area contributed by atoms with Gasteiger partial charge in [0.2, 0.25) is 11.8 Å². The molecule has 4 aliphatic rings. The monoisotopic (exact) mass is 1090 g/mol. The second-order valence-corrected chi connectivity index (χ2v) is 23.9. The van der Waals surface area contributed by atoms with Crippen LogP contribution in [0.15, 0.2) is 58.8 Å². The van der Waals surface area contributed by atoms with Gasteiger partial charge in [-0.25, -0.2) is 14.4 Å². The number of carbonyl (C=O) groups excluding carboxylic acids is 5. The first-order valence-electron chi connectivity index (χ1n) is 24.8. The molecule has 32 heteroatoms. The molecule has 16 nitrogen and oxygen atoms in total. The smallest absolute Gasteiger partial charge is 0.328 e. The van der Waals surface area contributed by atoms with Crippen molar-refractivity contribution in [3.05, 3.63) is 69.7 Å². The van der Waals surface area contributed by atoms with Gasteiger partial charge in [-0.15, -0.1) is 12.4 Å². The van der Waals surface area contributed by atoms with Gasteiger partial charge < -0.3 is 45.3 Å². The van der Waals surface area contributed by atoms with Crippen LogP contribution in [0.5, 0.6) is 0 Å². The zero-order valence-electron chi connectivity index (χ0n) is 45.9. The third-order valence-corrected chi connectivity index (χ3v) is 13.9. The molecule has 2 saturated heterocycles. The molecule has 0 saturated carbocycles.